The van der Waals surface area contributed by atoms with Crippen LogP contribution < -0.4 is 5.32 Å². The predicted molar refractivity (Wildman–Crippen MR) is 58.6 cm³/mol. The number of nitrogens with zero attached hydrogens (tertiary/aromatic N) is 2. The van der Waals surface area contributed by atoms with E-state index in [1.165, 1.54) is 12.8 Å². The summed E-state index contributed by atoms with van der Waals surface area (Å²) in [6.45, 7) is 1.03. The van der Waals surface area contributed by atoms with Gasteiger partial charge in [-0.1, -0.05) is 6.42 Å². The van der Waals surface area contributed by atoms with Gasteiger partial charge in [0.15, 0.2) is 0 Å². The van der Waals surface area contributed by atoms with Crippen LogP contribution in [0.2, 0.25) is 0 Å². The van der Waals surface area contributed by atoms with Crippen molar-refractivity contribution in [3.05, 3.63) is 18.2 Å². The molecule has 1 aliphatic heterocycles. The molecule has 2 rings (SSSR count). The zero-order valence-corrected chi connectivity index (χ0v) is 9.19. The second-order valence-corrected chi connectivity index (χ2v) is 4.28. The Morgan fingerprint density at radius 3 is 3.13 bits per heavy atom. The molecule has 0 amide bonds. The molecule has 1 saturated heterocycles. The molecule has 2 N–H and O–H groups in total. The number of rotatable bonds is 3. The van der Waals surface area contributed by atoms with Crippen LogP contribution in [-0.4, -0.2) is 33.3 Å². The van der Waals surface area contributed by atoms with Gasteiger partial charge in [-0.3, -0.25) is 0 Å². The van der Waals surface area contributed by atoms with Gasteiger partial charge in [0.05, 0.1) is 6.10 Å². The van der Waals surface area contributed by atoms with Gasteiger partial charge in [0.2, 0.25) is 0 Å². The second-order valence-electron chi connectivity index (χ2n) is 4.28. The van der Waals surface area contributed by atoms with Crippen molar-refractivity contribution in [3.8, 4) is 0 Å². The number of piperidine rings is 1. The fourth-order valence-electron chi connectivity index (χ4n) is 2.13. The monoisotopic (exact) mass is 209 g/mol. The number of hydrogen-bond donors (Lipinski definition) is 2. The van der Waals surface area contributed by atoms with Crippen molar-refractivity contribution in [2.75, 3.05) is 6.54 Å². The molecule has 0 bridgehead atoms. The normalized spacial score (nSPS) is 24.0. The maximum atomic E-state index is 10.1. The first-order chi connectivity index (χ1) is 7.27. The standard InChI is InChI=1S/C11H19N3O/c1-14-7-6-13-11(14)8-10(15)9-4-2-3-5-12-9/h6-7,9-10,12,15H,2-5,8H2,1H3. The fourth-order valence-corrected chi connectivity index (χ4v) is 2.13. The van der Waals surface area contributed by atoms with Crippen molar-refractivity contribution in [3.63, 3.8) is 0 Å². The van der Waals surface area contributed by atoms with Gasteiger partial charge in [-0.05, 0) is 19.4 Å². The molecule has 1 aromatic rings. The third-order valence-electron chi connectivity index (χ3n) is 3.13. The summed E-state index contributed by atoms with van der Waals surface area (Å²) < 4.78 is 1.96. The van der Waals surface area contributed by atoms with Crippen molar-refractivity contribution < 1.29 is 5.11 Å². The topological polar surface area (TPSA) is 50.1 Å². The van der Waals surface area contributed by atoms with E-state index in [4.69, 9.17) is 0 Å². The van der Waals surface area contributed by atoms with Crippen LogP contribution in [0.3, 0.4) is 0 Å². The molecule has 0 aromatic carbocycles. The zero-order valence-electron chi connectivity index (χ0n) is 9.19. The molecule has 1 fully saturated rings. The van der Waals surface area contributed by atoms with E-state index >= 15 is 0 Å². The molecular formula is C11H19N3O. The molecule has 2 atom stereocenters. The molecule has 0 aliphatic carbocycles. The first-order valence-corrected chi connectivity index (χ1v) is 5.65. The van der Waals surface area contributed by atoms with E-state index in [1.807, 2.05) is 17.8 Å². The lowest BCUT2D eigenvalue weighted by atomic mass is 9.98. The minimum atomic E-state index is -0.314. The van der Waals surface area contributed by atoms with Crippen LogP contribution >= 0.6 is 0 Å². The Kier molecular flexibility index (Phi) is 3.38. The number of imidazole rings is 1. The molecule has 1 aromatic heterocycles. The molecule has 4 heteroatoms. The summed E-state index contributed by atoms with van der Waals surface area (Å²) in [6.07, 6.45) is 7.53. The first-order valence-electron chi connectivity index (χ1n) is 5.65. The molecule has 4 nitrogen and oxygen atoms in total. The number of nitrogens with one attached hydrogen (secondary N) is 1. The minimum absolute atomic E-state index is 0.246. The average molecular weight is 209 g/mol. The third kappa shape index (κ3) is 2.58. The summed E-state index contributed by atoms with van der Waals surface area (Å²) >= 11 is 0. The van der Waals surface area contributed by atoms with Crippen LogP contribution in [0.5, 0.6) is 0 Å². The molecule has 84 valence electrons. The minimum Gasteiger partial charge on any atom is -0.391 e. The van der Waals surface area contributed by atoms with Gasteiger partial charge in [0, 0.05) is 31.9 Å². The Bertz CT molecular complexity index is 305. The number of aliphatic hydroxyl groups is 1. The van der Waals surface area contributed by atoms with Crippen LogP contribution in [-0.2, 0) is 13.5 Å². The van der Waals surface area contributed by atoms with Crippen molar-refractivity contribution in [1.82, 2.24) is 14.9 Å². The van der Waals surface area contributed by atoms with Crippen LogP contribution in [0.1, 0.15) is 25.1 Å². The van der Waals surface area contributed by atoms with E-state index in [2.05, 4.69) is 10.3 Å². The quantitative estimate of drug-likeness (QED) is 0.760. The summed E-state index contributed by atoms with van der Waals surface area (Å²) in [5.74, 6) is 0.954. The highest BCUT2D eigenvalue weighted by Crippen LogP contribution is 2.13. The molecule has 2 heterocycles. The molecule has 0 radical (unpaired) electrons. The summed E-state index contributed by atoms with van der Waals surface area (Å²) in [4.78, 5) is 4.23. The third-order valence-corrected chi connectivity index (χ3v) is 3.13. The van der Waals surface area contributed by atoms with Gasteiger partial charge in [0.25, 0.3) is 0 Å². The van der Waals surface area contributed by atoms with Gasteiger partial charge in [0.1, 0.15) is 5.82 Å². The largest absolute Gasteiger partial charge is 0.391 e. The highest BCUT2D eigenvalue weighted by molar-refractivity contribution is 4.95. The molecule has 0 spiro atoms. The molecule has 15 heavy (non-hydrogen) atoms. The Labute approximate surface area is 90.3 Å². The maximum Gasteiger partial charge on any atom is 0.111 e. The van der Waals surface area contributed by atoms with Crippen LogP contribution in [0.4, 0.5) is 0 Å². The smallest absolute Gasteiger partial charge is 0.111 e. The molecule has 0 saturated carbocycles. The lowest BCUT2D eigenvalue weighted by Gasteiger charge is -2.27. The lowest BCUT2D eigenvalue weighted by molar-refractivity contribution is 0.110. The first kappa shape index (κ1) is 10.6. The highest BCUT2D eigenvalue weighted by atomic mass is 16.3. The SMILES string of the molecule is Cn1ccnc1CC(O)C1CCCCN1. The highest BCUT2D eigenvalue weighted by Gasteiger charge is 2.22. The predicted octanol–water partition coefficient (Wildman–Crippen LogP) is 0.466. The van der Waals surface area contributed by atoms with Crippen LogP contribution in [0.15, 0.2) is 12.4 Å². The number of aromatic nitrogens is 2. The van der Waals surface area contributed by atoms with Crippen LogP contribution in [0, 0.1) is 0 Å². The molecular weight excluding hydrogens is 190 g/mol. The Morgan fingerprint density at radius 1 is 1.67 bits per heavy atom. The van der Waals surface area contributed by atoms with Crippen molar-refractivity contribution >= 4 is 0 Å². The Balaban J connectivity index is 1.91. The lowest BCUT2D eigenvalue weighted by Crippen LogP contribution is -2.44. The van der Waals surface area contributed by atoms with E-state index in [0.29, 0.717) is 6.42 Å². The summed E-state index contributed by atoms with van der Waals surface area (Å²) in [5, 5.41) is 13.4. The van der Waals surface area contributed by atoms with Crippen molar-refractivity contribution in [2.45, 2.75) is 37.8 Å². The van der Waals surface area contributed by atoms with Gasteiger partial charge in [-0.15, -0.1) is 0 Å². The summed E-state index contributed by atoms with van der Waals surface area (Å²) in [6, 6.07) is 0.246. The van der Waals surface area contributed by atoms with E-state index in [0.717, 1.165) is 18.8 Å². The number of aryl methyl sites for hydroxylation is 1. The zero-order chi connectivity index (χ0) is 10.7. The maximum absolute atomic E-state index is 10.1. The molecule has 2 unspecified atom stereocenters. The van der Waals surface area contributed by atoms with E-state index in [-0.39, 0.29) is 12.1 Å². The van der Waals surface area contributed by atoms with E-state index in [9.17, 15) is 5.11 Å². The van der Waals surface area contributed by atoms with Crippen LogP contribution in [0.25, 0.3) is 0 Å². The van der Waals surface area contributed by atoms with Gasteiger partial charge >= 0.3 is 0 Å². The summed E-state index contributed by atoms with van der Waals surface area (Å²) in [7, 11) is 1.96. The molecule has 1 aliphatic rings. The summed E-state index contributed by atoms with van der Waals surface area (Å²) in [5.41, 5.74) is 0. The fraction of sp³-hybridized carbons (Fsp3) is 0.727. The van der Waals surface area contributed by atoms with Crippen molar-refractivity contribution in [1.29, 1.82) is 0 Å². The average Bonchev–Trinajstić information content (AvgIpc) is 2.66. The second kappa shape index (κ2) is 4.77. The van der Waals surface area contributed by atoms with E-state index < -0.39 is 0 Å². The van der Waals surface area contributed by atoms with Gasteiger partial charge < -0.3 is 15.0 Å². The van der Waals surface area contributed by atoms with Gasteiger partial charge in [-0.2, -0.15) is 0 Å². The number of aliphatic hydroxyl groups excluding tert-OH is 1. The Hall–Kier alpha value is -0.870. The van der Waals surface area contributed by atoms with Crippen molar-refractivity contribution in [2.24, 2.45) is 7.05 Å². The van der Waals surface area contributed by atoms with Gasteiger partial charge in [-0.25, -0.2) is 4.98 Å². The Morgan fingerprint density at radius 2 is 2.53 bits per heavy atom. The number of hydrogen-bond acceptors (Lipinski definition) is 3. The van der Waals surface area contributed by atoms with E-state index in [1.54, 1.807) is 6.20 Å².